The van der Waals surface area contributed by atoms with Gasteiger partial charge in [0.05, 0.1) is 5.56 Å². The summed E-state index contributed by atoms with van der Waals surface area (Å²) in [6.45, 7) is 0.426. The van der Waals surface area contributed by atoms with Crippen molar-refractivity contribution in [3.8, 4) is 16.9 Å². The van der Waals surface area contributed by atoms with E-state index in [4.69, 9.17) is 10.5 Å². The molecule has 2 nitrogen and oxygen atoms in total. The fourth-order valence-corrected chi connectivity index (χ4v) is 2.68. The standard InChI is InChI=1S/C21H17F4NO/c22-19-9-7-16(21(23,24)25)11-18(19)17-8-6-15(12-26)10-20(17)27-13-14-4-2-1-3-5-14/h1-11H,12-13,26H2. The van der Waals surface area contributed by atoms with E-state index in [0.29, 0.717) is 0 Å². The summed E-state index contributed by atoms with van der Waals surface area (Å²) in [4.78, 5) is 0. The molecule has 2 N–H and O–H groups in total. The van der Waals surface area contributed by atoms with E-state index in [1.807, 2.05) is 30.3 Å². The maximum absolute atomic E-state index is 14.3. The van der Waals surface area contributed by atoms with Gasteiger partial charge in [-0.2, -0.15) is 13.2 Å². The van der Waals surface area contributed by atoms with Crippen molar-refractivity contribution in [1.82, 2.24) is 0 Å². The van der Waals surface area contributed by atoms with Crippen molar-refractivity contribution in [3.05, 3.63) is 89.2 Å². The largest absolute Gasteiger partial charge is 0.488 e. The first-order valence-electron chi connectivity index (χ1n) is 8.25. The minimum atomic E-state index is -4.56. The number of ether oxygens (including phenoxy) is 1. The van der Waals surface area contributed by atoms with Gasteiger partial charge in [-0.15, -0.1) is 0 Å². The molecular weight excluding hydrogens is 358 g/mol. The Kier molecular flexibility index (Phi) is 5.46. The van der Waals surface area contributed by atoms with Crippen LogP contribution in [0, 0.1) is 5.82 Å². The van der Waals surface area contributed by atoms with Gasteiger partial charge in [0.2, 0.25) is 0 Å². The molecular formula is C21H17F4NO. The minimum absolute atomic E-state index is 0.170. The summed E-state index contributed by atoms with van der Waals surface area (Å²) in [5.41, 5.74) is 6.41. The molecule has 0 saturated heterocycles. The topological polar surface area (TPSA) is 35.2 Å². The van der Waals surface area contributed by atoms with Crippen molar-refractivity contribution in [2.24, 2.45) is 5.73 Å². The molecule has 0 aliphatic carbocycles. The van der Waals surface area contributed by atoms with E-state index < -0.39 is 17.6 Å². The lowest BCUT2D eigenvalue weighted by atomic mass is 9.99. The number of rotatable bonds is 5. The van der Waals surface area contributed by atoms with Crippen LogP contribution in [0.3, 0.4) is 0 Å². The first kappa shape index (κ1) is 18.9. The van der Waals surface area contributed by atoms with Gasteiger partial charge in [-0.3, -0.25) is 0 Å². The molecule has 0 fully saturated rings. The molecule has 0 aliphatic rings. The Labute approximate surface area is 154 Å². The lowest BCUT2D eigenvalue weighted by Gasteiger charge is -2.15. The van der Waals surface area contributed by atoms with E-state index >= 15 is 0 Å². The highest BCUT2D eigenvalue weighted by molar-refractivity contribution is 5.72. The van der Waals surface area contributed by atoms with Crippen LogP contribution in [-0.4, -0.2) is 0 Å². The lowest BCUT2D eigenvalue weighted by molar-refractivity contribution is -0.137. The van der Waals surface area contributed by atoms with Crippen molar-refractivity contribution in [1.29, 1.82) is 0 Å². The SMILES string of the molecule is NCc1ccc(-c2cc(C(F)(F)F)ccc2F)c(OCc2ccccc2)c1. The molecule has 0 saturated carbocycles. The van der Waals surface area contributed by atoms with Gasteiger partial charge in [0.25, 0.3) is 0 Å². The third-order valence-electron chi connectivity index (χ3n) is 4.10. The number of hydrogen-bond donors (Lipinski definition) is 1. The molecule has 6 heteroatoms. The molecule has 0 unspecified atom stereocenters. The predicted octanol–water partition coefficient (Wildman–Crippen LogP) is 5.55. The normalized spacial score (nSPS) is 11.4. The average molecular weight is 375 g/mol. The highest BCUT2D eigenvalue weighted by atomic mass is 19.4. The van der Waals surface area contributed by atoms with Crippen LogP contribution in [0.4, 0.5) is 17.6 Å². The van der Waals surface area contributed by atoms with Gasteiger partial charge in [0.1, 0.15) is 18.2 Å². The number of alkyl halides is 3. The quantitative estimate of drug-likeness (QED) is 0.594. The summed E-state index contributed by atoms with van der Waals surface area (Å²) in [6.07, 6.45) is -4.56. The molecule has 3 aromatic carbocycles. The van der Waals surface area contributed by atoms with Crippen molar-refractivity contribution >= 4 is 0 Å². The Morgan fingerprint density at radius 1 is 0.815 bits per heavy atom. The zero-order chi connectivity index (χ0) is 19.4. The van der Waals surface area contributed by atoms with Crippen LogP contribution in [0.2, 0.25) is 0 Å². The monoisotopic (exact) mass is 375 g/mol. The van der Waals surface area contributed by atoms with Crippen LogP contribution in [0.1, 0.15) is 16.7 Å². The first-order valence-corrected chi connectivity index (χ1v) is 8.25. The van der Waals surface area contributed by atoms with E-state index in [0.717, 1.165) is 29.3 Å². The molecule has 0 spiro atoms. The summed E-state index contributed by atoms with van der Waals surface area (Å²) in [5, 5.41) is 0. The highest BCUT2D eigenvalue weighted by Crippen LogP contribution is 2.37. The molecule has 140 valence electrons. The van der Waals surface area contributed by atoms with E-state index in [1.165, 1.54) is 6.07 Å². The molecule has 0 heterocycles. The fraction of sp³-hybridized carbons (Fsp3) is 0.143. The first-order chi connectivity index (χ1) is 12.9. The van der Waals surface area contributed by atoms with E-state index in [1.54, 1.807) is 12.1 Å². The van der Waals surface area contributed by atoms with Gasteiger partial charge < -0.3 is 10.5 Å². The summed E-state index contributed by atoms with van der Waals surface area (Å²) < 4.78 is 59.2. The molecule has 0 amide bonds. The Balaban J connectivity index is 2.02. The molecule has 3 rings (SSSR count). The summed E-state index contributed by atoms with van der Waals surface area (Å²) >= 11 is 0. The Morgan fingerprint density at radius 2 is 1.56 bits per heavy atom. The van der Waals surface area contributed by atoms with Gasteiger partial charge in [0.15, 0.2) is 0 Å². The molecule has 0 bridgehead atoms. The Morgan fingerprint density at radius 3 is 2.22 bits per heavy atom. The third kappa shape index (κ3) is 4.46. The molecule has 3 aromatic rings. The average Bonchev–Trinajstić information content (AvgIpc) is 2.66. The maximum atomic E-state index is 14.3. The van der Waals surface area contributed by atoms with Crippen LogP contribution in [0.5, 0.6) is 5.75 Å². The molecule has 0 aliphatic heterocycles. The molecule has 0 radical (unpaired) electrons. The number of benzene rings is 3. The van der Waals surface area contributed by atoms with Crippen molar-refractivity contribution in [2.75, 3.05) is 0 Å². The summed E-state index contributed by atoms with van der Waals surface area (Å²) in [7, 11) is 0. The van der Waals surface area contributed by atoms with Gasteiger partial charge in [-0.1, -0.05) is 42.5 Å². The molecule has 0 aromatic heterocycles. The van der Waals surface area contributed by atoms with Crippen LogP contribution < -0.4 is 10.5 Å². The second-order valence-corrected chi connectivity index (χ2v) is 6.00. The second-order valence-electron chi connectivity index (χ2n) is 6.00. The number of hydrogen-bond acceptors (Lipinski definition) is 2. The Hall–Kier alpha value is -2.86. The summed E-state index contributed by atoms with van der Waals surface area (Å²) in [6, 6.07) is 16.4. The zero-order valence-electron chi connectivity index (χ0n) is 14.3. The van der Waals surface area contributed by atoms with E-state index in [2.05, 4.69) is 0 Å². The number of nitrogens with two attached hydrogens (primary N) is 1. The van der Waals surface area contributed by atoms with Crippen molar-refractivity contribution in [3.63, 3.8) is 0 Å². The Bertz CT molecular complexity index is 923. The van der Waals surface area contributed by atoms with E-state index in [-0.39, 0.29) is 30.0 Å². The van der Waals surface area contributed by atoms with Crippen LogP contribution in [-0.2, 0) is 19.3 Å². The van der Waals surface area contributed by atoms with Gasteiger partial charge in [-0.05, 0) is 35.4 Å². The third-order valence-corrected chi connectivity index (χ3v) is 4.10. The van der Waals surface area contributed by atoms with Crippen molar-refractivity contribution < 1.29 is 22.3 Å². The van der Waals surface area contributed by atoms with E-state index in [9.17, 15) is 17.6 Å². The number of halogens is 4. The van der Waals surface area contributed by atoms with Gasteiger partial charge >= 0.3 is 6.18 Å². The predicted molar refractivity (Wildman–Crippen MR) is 95.5 cm³/mol. The van der Waals surface area contributed by atoms with Crippen LogP contribution in [0.15, 0.2) is 66.7 Å². The van der Waals surface area contributed by atoms with Crippen LogP contribution >= 0.6 is 0 Å². The second kappa shape index (κ2) is 7.80. The van der Waals surface area contributed by atoms with Gasteiger partial charge in [0, 0.05) is 17.7 Å². The highest BCUT2D eigenvalue weighted by Gasteiger charge is 2.31. The van der Waals surface area contributed by atoms with Crippen LogP contribution in [0.25, 0.3) is 11.1 Å². The molecule has 27 heavy (non-hydrogen) atoms. The van der Waals surface area contributed by atoms with Gasteiger partial charge in [-0.25, -0.2) is 4.39 Å². The summed E-state index contributed by atoms with van der Waals surface area (Å²) in [5.74, 6) is -0.479. The fourth-order valence-electron chi connectivity index (χ4n) is 2.68. The molecule has 0 atom stereocenters. The smallest absolute Gasteiger partial charge is 0.416 e. The minimum Gasteiger partial charge on any atom is -0.488 e. The van der Waals surface area contributed by atoms with Crippen molar-refractivity contribution in [2.45, 2.75) is 19.3 Å². The lowest BCUT2D eigenvalue weighted by Crippen LogP contribution is -2.06. The zero-order valence-corrected chi connectivity index (χ0v) is 14.3. The maximum Gasteiger partial charge on any atom is 0.416 e.